The van der Waals surface area contributed by atoms with Crippen LogP contribution in [0.1, 0.15) is 24.2 Å². The largest absolute Gasteiger partial charge is 0.478 e. The van der Waals surface area contributed by atoms with Crippen molar-refractivity contribution in [2.75, 3.05) is 0 Å². The first-order chi connectivity index (χ1) is 7.77. The molecule has 0 spiro atoms. The lowest BCUT2D eigenvalue weighted by molar-refractivity contribution is 0.0696. The van der Waals surface area contributed by atoms with Crippen molar-refractivity contribution < 1.29 is 9.90 Å². The topological polar surface area (TPSA) is 50.2 Å². The van der Waals surface area contributed by atoms with Crippen molar-refractivity contribution in [3.05, 3.63) is 40.8 Å². The van der Waals surface area contributed by atoms with Gasteiger partial charge in [0.1, 0.15) is 0 Å². The third-order valence-corrected chi connectivity index (χ3v) is 2.52. The molecular weight excluding hydrogens is 222 g/mol. The molecule has 16 heavy (non-hydrogen) atoms. The molecule has 2 heterocycles. The molecule has 0 saturated heterocycles. The second-order valence-corrected chi connectivity index (χ2v) is 3.56. The van der Waals surface area contributed by atoms with Crippen LogP contribution in [0.3, 0.4) is 0 Å². The summed E-state index contributed by atoms with van der Waals surface area (Å²) < 4.78 is 0. The van der Waals surface area contributed by atoms with Gasteiger partial charge >= 0.3 is 5.97 Å². The second-order valence-electron chi connectivity index (χ2n) is 2.78. The normalized spacial score (nSPS) is 9.12. The Morgan fingerprint density at radius 3 is 2.62 bits per heavy atom. The summed E-state index contributed by atoms with van der Waals surface area (Å²) in [6, 6.07) is 3.56. The van der Waals surface area contributed by atoms with Gasteiger partial charge in [0.05, 0.1) is 5.56 Å². The quantitative estimate of drug-likeness (QED) is 0.866. The summed E-state index contributed by atoms with van der Waals surface area (Å²) in [5.74, 6) is -0.949. The molecule has 84 valence electrons. The zero-order valence-electron chi connectivity index (χ0n) is 9.18. The van der Waals surface area contributed by atoms with Crippen molar-refractivity contribution in [3.8, 4) is 11.1 Å². The van der Waals surface area contributed by atoms with E-state index in [0.29, 0.717) is 0 Å². The van der Waals surface area contributed by atoms with Crippen LogP contribution in [-0.4, -0.2) is 16.1 Å². The van der Waals surface area contributed by atoms with Crippen molar-refractivity contribution in [1.82, 2.24) is 4.98 Å². The van der Waals surface area contributed by atoms with Gasteiger partial charge in [-0.3, -0.25) is 4.98 Å². The predicted octanol–water partition coefficient (Wildman–Crippen LogP) is 3.53. The Morgan fingerprint density at radius 2 is 2.06 bits per heavy atom. The van der Waals surface area contributed by atoms with Crippen LogP contribution in [0.15, 0.2) is 35.3 Å². The summed E-state index contributed by atoms with van der Waals surface area (Å²) in [5.41, 5.74) is 2.06. The highest BCUT2D eigenvalue weighted by molar-refractivity contribution is 7.08. The summed E-state index contributed by atoms with van der Waals surface area (Å²) in [6.45, 7) is 4.00. The Morgan fingerprint density at radius 1 is 1.31 bits per heavy atom. The fourth-order valence-electron chi connectivity index (χ4n) is 1.14. The highest BCUT2D eigenvalue weighted by Crippen LogP contribution is 2.21. The molecule has 1 N–H and O–H groups in total. The van der Waals surface area contributed by atoms with Gasteiger partial charge in [0.15, 0.2) is 0 Å². The molecule has 2 aromatic heterocycles. The number of thiophene rings is 1. The Hall–Kier alpha value is -1.68. The predicted molar refractivity (Wildman–Crippen MR) is 65.9 cm³/mol. The molecule has 0 aromatic carbocycles. The van der Waals surface area contributed by atoms with E-state index in [9.17, 15) is 4.79 Å². The number of hydrogen-bond acceptors (Lipinski definition) is 3. The lowest BCUT2D eigenvalue weighted by Gasteiger charge is -1.98. The molecule has 0 aliphatic carbocycles. The average Bonchev–Trinajstić information content (AvgIpc) is 2.85. The summed E-state index contributed by atoms with van der Waals surface area (Å²) in [4.78, 5) is 14.6. The molecule has 0 aliphatic rings. The molecule has 0 unspecified atom stereocenters. The minimum Gasteiger partial charge on any atom is -0.478 e. The van der Waals surface area contributed by atoms with E-state index >= 15 is 0 Å². The Balaban J connectivity index is 0.000000606. The number of hydrogen-bond donors (Lipinski definition) is 1. The molecular formula is C12H13NO2S. The number of pyridine rings is 1. The van der Waals surface area contributed by atoms with E-state index < -0.39 is 5.97 Å². The monoisotopic (exact) mass is 235 g/mol. The third-order valence-electron chi connectivity index (χ3n) is 1.84. The van der Waals surface area contributed by atoms with Crippen molar-refractivity contribution in [1.29, 1.82) is 0 Å². The van der Waals surface area contributed by atoms with Gasteiger partial charge in [0.2, 0.25) is 0 Å². The number of aromatic carboxylic acids is 1. The first-order valence-corrected chi connectivity index (χ1v) is 5.92. The van der Waals surface area contributed by atoms with Crippen LogP contribution in [0.25, 0.3) is 11.1 Å². The lowest BCUT2D eigenvalue weighted by Crippen LogP contribution is -1.96. The van der Waals surface area contributed by atoms with Crippen molar-refractivity contribution >= 4 is 17.3 Å². The van der Waals surface area contributed by atoms with Gasteiger partial charge in [-0.1, -0.05) is 13.8 Å². The van der Waals surface area contributed by atoms with E-state index in [-0.39, 0.29) is 5.56 Å². The van der Waals surface area contributed by atoms with Crippen LogP contribution < -0.4 is 0 Å². The SMILES string of the molecule is CC.O=C(O)c1cncc(-c2ccsc2)c1. The Kier molecular flexibility index (Phi) is 4.66. The average molecular weight is 235 g/mol. The van der Waals surface area contributed by atoms with Gasteiger partial charge in [0.25, 0.3) is 0 Å². The van der Waals surface area contributed by atoms with E-state index in [2.05, 4.69) is 4.98 Å². The maximum absolute atomic E-state index is 10.7. The summed E-state index contributed by atoms with van der Waals surface area (Å²) in [6.07, 6.45) is 3.01. The zero-order chi connectivity index (χ0) is 12.0. The van der Waals surface area contributed by atoms with E-state index in [1.54, 1.807) is 23.6 Å². The van der Waals surface area contributed by atoms with Gasteiger partial charge in [0, 0.05) is 18.0 Å². The maximum Gasteiger partial charge on any atom is 0.337 e. The molecule has 0 aliphatic heterocycles. The van der Waals surface area contributed by atoms with E-state index in [1.165, 1.54) is 6.20 Å². The van der Waals surface area contributed by atoms with Crippen molar-refractivity contribution in [2.45, 2.75) is 13.8 Å². The van der Waals surface area contributed by atoms with Gasteiger partial charge < -0.3 is 5.11 Å². The van der Waals surface area contributed by atoms with Crippen LogP contribution in [-0.2, 0) is 0 Å². The Bertz CT molecular complexity index is 452. The molecule has 0 saturated carbocycles. The highest BCUT2D eigenvalue weighted by Gasteiger charge is 2.05. The molecule has 0 atom stereocenters. The van der Waals surface area contributed by atoms with E-state index in [1.807, 2.05) is 30.7 Å². The molecule has 3 nitrogen and oxygen atoms in total. The molecule has 0 radical (unpaired) electrons. The smallest absolute Gasteiger partial charge is 0.337 e. The number of carboxylic acid groups (broad SMARTS) is 1. The fourth-order valence-corrected chi connectivity index (χ4v) is 1.81. The van der Waals surface area contributed by atoms with Crippen molar-refractivity contribution in [3.63, 3.8) is 0 Å². The number of carboxylic acids is 1. The van der Waals surface area contributed by atoms with Crippen LogP contribution >= 0.6 is 11.3 Å². The minimum atomic E-state index is -0.949. The minimum absolute atomic E-state index is 0.216. The third kappa shape index (κ3) is 2.90. The molecule has 0 amide bonds. The Labute approximate surface area is 98.4 Å². The number of rotatable bonds is 2. The molecule has 0 fully saturated rings. The number of nitrogens with zero attached hydrogens (tertiary/aromatic N) is 1. The summed E-state index contributed by atoms with van der Waals surface area (Å²) in [7, 11) is 0. The van der Waals surface area contributed by atoms with E-state index in [4.69, 9.17) is 5.11 Å². The highest BCUT2D eigenvalue weighted by atomic mass is 32.1. The first kappa shape index (κ1) is 12.4. The van der Waals surface area contributed by atoms with Crippen LogP contribution in [0.5, 0.6) is 0 Å². The molecule has 2 aromatic rings. The van der Waals surface area contributed by atoms with Gasteiger partial charge in [-0.05, 0) is 28.5 Å². The van der Waals surface area contributed by atoms with Gasteiger partial charge in [-0.2, -0.15) is 11.3 Å². The van der Waals surface area contributed by atoms with Crippen LogP contribution in [0, 0.1) is 0 Å². The first-order valence-electron chi connectivity index (χ1n) is 4.98. The van der Waals surface area contributed by atoms with Gasteiger partial charge in [-0.25, -0.2) is 4.79 Å². The second kappa shape index (κ2) is 6.02. The molecule has 0 bridgehead atoms. The fraction of sp³-hybridized carbons (Fsp3) is 0.167. The van der Waals surface area contributed by atoms with Crippen LogP contribution in [0.2, 0.25) is 0 Å². The summed E-state index contributed by atoms with van der Waals surface area (Å²) in [5, 5.41) is 12.7. The lowest BCUT2D eigenvalue weighted by atomic mass is 10.1. The summed E-state index contributed by atoms with van der Waals surface area (Å²) >= 11 is 1.57. The number of aromatic nitrogens is 1. The van der Waals surface area contributed by atoms with Gasteiger partial charge in [-0.15, -0.1) is 0 Å². The standard InChI is InChI=1S/C10H7NO2S.C2H6/c12-10(13)9-3-8(4-11-5-9)7-1-2-14-6-7;1-2/h1-6H,(H,12,13);1-2H3. The number of carbonyl (C=O) groups is 1. The maximum atomic E-state index is 10.7. The molecule has 2 rings (SSSR count). The van der Waals surface area contributed by atoms with Crippen molar-refractivity contribution in [2.24, 2.45) is 0 Å². The van der Waals surface area contributed by atoms with Crippen LogP contribution in [0.4, 0.5) is 0 Å². The zero-order valence-corrected chi connectivity index (χ0v) is 9.99. The molecule has 4 heteroatoms. The van der Waals surface area contributed by atoms with E-state index in [0.717, 1.165) is 11.1 Å².